The summed E-state index contributed by atoms with van der Waals surface area (Å²) in [4.78, 5) is 26.4. The fraction of sp³-hybridized carbons (Fsp3) is 0.273. The summed E-state index contributed by atoms with van der Waals surface area (Å²) in [5.41, 5.74) is 13.2. The van der Waals surface area contributed by atoms with Gasteiger partial charge in [-0.2, -0.15) is 0 Å². The molecule has 2 aromatic carbocycles. The highest BCUT2D eigenvalue weighted by molar-refractivity contribution is 5.90. The van der Waals surface area contributed by atoms with Crippen molar-refractivity contribution >= 4 is 17.7 Å². The second-order valence-electron chi connectivity index (χ2n) is 6.25. The maximum atomic E-state index is 11.9. The molecule has 2 aromatic rings. The average Bonchev–Trinajstić information content (AvgIpc) is 2.80. The van der Waals surface area contributed by atoms with E-state index < -0.39 is 12.1 Å². The maximum Gasteiger partial charge on any atom is 0.421 e. The second-order valence-corrected chi connectivity index (χ2v) is 6.25. The second kappa shape index (κ2) is 12.5. The van der Waals surface area contributed by atoms with E-state index >= 15 is 0 Å². The van der Waals surface area contributed by atoms with Crippen LogP contribution in [0.5, 0.6) is 5.75 Å². The van der Waals surface area contributed by atoms with Gasteiger partial charge in [-0.3, -0.25) is 5.43 Å². The maximum absolute atomic E-state index is 11.9. The molecule has 0 bridgehead atoms. The molecule has 0 saturated heterocycles. The SMILES string of the molecule is CCOC(=O)c1ccc(C#CCN(Cc2ccc(OC)cc2)NC(=O)OC)c(N=[N+]=[N-])c1. The van der Waals surface area contributed by atoms with E-state index in [9.17, 15) is 9.59 Å². The zero-order chi connectivity index (χ0) is 23.3. The highest BCUT2D eigenvalue weighted by atomic mass is 16.5. The van der Waals surface area contributed by atoms with E-state index in [4.69, 9.17) is 15.0 Å². The molecule has 0 fully saturated rings. The number of rotatable bonds is 8. The van der Waals surface area contributed by atoms with Crippen molar-refractivity contribution < 1.29 is 23.8 Å². The first-order chi connectivity index (χ1) is 15.5. The molecule has 10 nitrogen and oxygen atoms in total. The number of benzene rings is 2. The number of hydrogen-bond acceptors (Lipinski definition) is 7. The third-order valence-corrected chi connectivity index (χ3v) is 4.12. The van der Waals surface area contributed by atoms with Crippen LogP contribution < -0.4 is 10.2 Å². The first-order valence-electron chi connectivity index (χ1n) is 9.58. The van der Waals surface area contributed by atoms with Gasteiger partial charge in [0, 0.05) is 17.0 Å². The Balaban J connectivity index is 2.21. The standard InChI is InChI=1S/C22H23N5O5/c1-4-32-21(28)18-10-9-17(20(14-18)24-26-23)6-5-13-27(25-22(29)31-3)15-16-7-11-19(30-2)12-8-16/h7-12,14H,4,13,15H2,1-3H3,(H,25,29). The number of amides is 1. The fourth-order valence-electron chi connectivity index (χ4n) is 2.60. The van der Waals surface area contributed by atoms with Crippen molar-refractivity contribution in [2.24, 2.45) is 5.11 Å². The van der Waals surface area contributed by atoms with Gasteiger partial charge in [0.05, 0.1) is 38.6 Å². The number of nitrogens with one attached hydrogen (secondary N) is 1. The number of methoxy groups -OCH3 is 2. The molecule has 0 aliphatic carbocycles. The predicted octanol–water partition coefficient (Wildman–Crippen LogP) is 3.94. The minimum atomic E-state index is -0.631. The smallest absolute Gasteiger partial charge is 0.421 e. The normalized spacial score (nSPS) is 9.75. The van der Waals surface area contributed by atoms with Crippen LogP contribution in [0.15, 0.2) is 47.6 Å². The Kier molecular flexibility index (Phi) is 9.40. The van der Waals surface area contributed by atoms with Crippen LogP contribution in [-0.4, -0.2) is 44.4 Å². The summed E-state index contributed by atoms with van der Waals surface area (Å²) >= 11 is 0. The van der Waals surface area contributed by atoms with Gasteiger partial charge in [-0.25, -0.2) is 14.6 Å². The van der Waals surface area contributed by atoms with Crippen LogP contribution in [0.2, 0.25) is 0 Å². The van der Waals surface area contributed by atoms with Gasteiger partial charge in [0.2, 0.25) is 0 Å². The van der Waals surface area contributed by atoms with Crippen LogP contribution in [0.1, 0.15) is 28.4 Å². The van der Waals surface area contributed by atoms with Crippen molar-refractivity contribution in [2.75, 3.05) is 27.4 Å². The summed E-state index contributed by atoms with van der Waals surface area (Å²) in [6.45, 7) is 2.44. The Morgan fingerprint density at radius 3 is 2.56 bits per heavy atom. The number of ether oxygens (including phenoxy) is 3. The number of carbonyl (C=O) groups excluding carboxylic acids is 2. The zero-order valence-electron chi connectivity index (χ0n) is 18.0. The number of hydrazine groups is 1. The quantitative estimate of drug-likeness (QED) is 0.166. The topological polar surface area (TPSA) is 126 Å². The number of carbonyl (C=O) groups is 2. The minimum absolute atomic E-state index is 0.149. The molecule has 0 aliphatic rings. The van der Waals surface area contributed by atoms with E-state index in [1.807, 2.05) is 24.3 Å². The summed E-state index contributed by atoms with van der Waals surface area (Å²) < 4.78 is 14.8. The minimum Gasteiger partial charge on any atom is -0.497 e. The molecule has 0 unspecified atom stereocenters. The predicted molar refractivity (Wildman–Crippen MR) is 117 cm³/mol. The van der Waals surface area contributed by atoms with Crippen molar-refractivity contribution in [1.29, 1.82) is 0 Å². The molecule has 32 heavy (non-hydrogen) atoms. The van der Waals surface area contributed by atoms with Gasteiger partial charge >= 0.3 is 12.1 Å². The number of hydrogen-bond donors (Lipinski definition) is 1. The first kappa shape index (κ1) is 24.1. The van der Waals surface area contributed by atoms with E-state index in [-0.39, 0.29) is 24.4 Å². The number of nitrogens with zero attached hydrogens (tertiary/aromatic N) is 4. The molecular formula is C22H23N5O5. The van der Waals surface area contributed by atoms with Crippen LogP contribution in [0.4, 0.5) is 10.5 Å². The van der Waals surface area contributed by atoms with E-state index in [1.165, 1.54) is 13.2 Å². The Labute approximate surface area is 185 Å². The number of azide groups is 1. The third kappa shape index (κ3) is 7.25. The van der Waals surface area contributed by atoms with Crippen LogP contribution in [0.3, 0.4) is 0 Å². The van der Waals surface area contributed by atoms with Gasteiger partial charge in [-0.1, -0.05) is 29.1 Å². The molecule has 0 aliphatic heterocycles. The lowest BCUT2D eigenvalue weighted by Gasteiger charge is -2.20. The van der Waals surface area contributed by atoms with Gasteiger partial charge in [0.15, 0.2) is 0 Å². The van der Waals surface area contributed by atoms with Gasteiger partial charge in [0.25, 0.3) is 0 Å². The van der Waals surface area contributed by atoms with Crippen LogP contribution in [0.25, 0.3) is 10.4 Å². The zero-order valence-corrected chi connectivity index (χ0v) is 18.0. The summed E-state index contributed by atoms with van der Waals surface area (Å²) in [6, 6.07) is 11.9. The van der Waals surface area contributed by atoms with Crippen LogP contribution in [0, 0.1) is 11.8 Å². The van der Waals surface area contributed by atoms with Gasteiger partial charge in [-0.05, 0) is 48.4 Å². The van der Waals surface area contributed by atoms with Crippen molar-refractivity contribution in [3.05, 3.63) is 69.6 Å². The molecule has 0 atom stereocenters. The molecule has 1 N–H and O–H groups in total. The molecule has 10 heteroatoms. The van der Waals surface area contributed by atoms with E-state index in [0.29, 0.717) is 12.1 Å². The van der Waals surface area contributed by atoms with Crippen molar-refractivity contribution in [2.45, 2.75) is 13.5 Å². The van der Waals surface area contributed by atoms with E-state index in [1.54, 1.807) is 31.2 Å². The molecule has 2 rings (SSSR count). The van der Waals surface area contributed by atoms with Crippen molar-refractivity contribution in [3.63, 3.8) is 0 Å². The lowest BCUT2D eigenvalue weighted by atomic mass is 10.1. The molecule has 0 heterocycles. The highest BCUT2D eigenvalue weighted by Crippen LogP contribution is 2.21. The Morgan fingerprint density at radius 2 is 1.94 bits per heavy atom. The van der Waals surface area contributed by atoms with E-state index in [0.717, 1.165) is 11.3 Å². The van der Waals surface area contributed by atoms with Gasteiger partial charge in [0.1, 0.15) is 5.75 Å². The lowest BCUT2D eigenvalue weighted by molar-refractivity contribution is 0.0526. The first-order valence-corrected chi connectivity index (χ1v) is 9.58. The highest BCUT2D eigenvalue weighted by Gasteiger charge is 2.11. The summed E-state index contributed by atoms with van der Waals surface area (Å²) in [5.74, 6) is 6.03. The Bertz CT molecular complexity index is 1050. The van der Waals surface area contributed by atoms with Crippen LogP contribution in [-0.2, 0) is 16.0 Å². The third-order valence-electron chi connectivity index (χ3n) is 4.12. The fourth-order valence-corrected chi connectivity index (χ4v) is 2.60. The van der Waals surface area contributed by atoms with Crippen molar-refractivity contribution in [3.8, 4) is 17.6 Å². The van der Waals surface area contributed by atoms with Gasteiger partial charge < -0.3 is 14.2 Å². The molecule has 0 radical (unpaired) electrons. The summed E-state index contributed by atoms with van der Waals surface area (Å²) in [7, 11) is 2.85. The molecule has 0 spiro atoms. The lowest BCUT2D eigenvalue weighted by Crippen LogP contribution is -2.41. The molecule has 166 valence electrons. The Morgan fingerprint density at radius 1 is 1.19 bits per heavy atom. The van der Waals surface area contributed by atoms with Gasteiger partial charge in [-0.15, -0.1) is 0 Å². The molecule has 1 amide bonds. The van der Waals surface area contributed by atoms with Crippen LogP contribution >= 0.6 is 0 Å². The molecular weight excluding hydrogens is 414 g/mol. The van der Waals surface area contributed by atoms with Crippen molar-refractivity contribution in [1.82, 2.24) is 10.4 Å². The summed E-state index contributed by atoms with van der Waals surface area (Å²) in [5, 5.41) is 5.18. The monoisotopic (exact) mass is 437 g/mol. The molecule has 0 aromatic heterocycles. The van der Waals surface area contributed by atoms with E-state index in [2.05, 4.69) is 32.0 Å². The number of esters is 1. The average molecular weight is 437 g/mol. The summed E-state index contributed by atoms with van der Waals surface area (Å²) in [6.07, 6.45) is -0.631. The molecule has 0 saturated carbocycles. The largest absolute Gasteiger partial charge is 0.497 e. The Hall–Kier alpha value is -4.19.